The summed E-state index contributed by atoms with van der Waals surface area (Å²) in [6.07, 6.45) is 3.02. The van der Waals surface area contributed by atoms with Gasteiger partial charge in [-0.05, 0) is 61.3 Å². The van der Waals surface area contributed by atoms with Crippen LogP contribution in [0.25, 0.3) is 0 Å². The number of hydrogen-bond acceptors (Lipinski definition) is 6. The van der Waals surface area contributed by atoms with Crippen LogP contribution >= 0.6 is 0 Å². The maximum Gasteiger partial charge on any atom is 0.238 e. The van der Waals surface area contributed by atoms with Crippen molar-refractivity contribution in [3.8, 4) is 11.5 Å². The zero-order valence-electron chi connectivity index (χ0n) is 18.4. The second kappa shape index (κ2) is 9.79. The number of fused-ring (bicyclic) bond motifs is 1. The summed E-state index contributed by atoms with van der Waals surface area (Å²) in [6.45, 7) is 6.00. The summed E-state index contributed by atoms with van der Waals surface area (Å²) >= 11 is 0. The van der Waals surface area contributed by atoms with Crippen LogP contribution in [0.2, 0.25) is 0 Å². The van der Waals surface area contributed by atoms with Crippen LogP contribution in [-0.2, 0) is 9.53 Å². The maximum absolute atomic E-state index is 12.8. The van der Waals surface area contributed by atoms with Gasteiger partial charge in [0, 0.05) is 36.9 Å². The predicted molar refractivity (Wildman–Crippen MR) is 124 cm³/mol. The maximum atomic E-state index is 12.8. The van der Waals surface area contributed by atoms with E-state index in [-0.39, 0.29) is 11.9 Å². The third kappa shape index (κ3) is 4.84. The van der Waals surface area contributed by atoms with E-state index in [1.165, 1.54) is 11.3 Å². The van der Waals surface area contributed by atoms with Gasteiger partial charge in [0.1, 0.15) is 0 Å². The van der Waals surface area contributed by atoms with Gasteiger partial charge in [-0.1, -0.05) is 6.07 Å². The molecule has 1 amide bonds. The molecule has 0 radical (unpaired) electrons. The minimum absolute atomic E-state index is 0.0189. The Balaban J connectivity index is 1.20. The Morgan fingerprint density at radius 1 is 0.906 bits per heavy atom. The minimum Gasteiger partial charge on any atom is -0.490 e. The Hall–Kier alpha value is -2.77. The molecule has 170 valence electrons. The second-order valence-corrected chi connectivity index (χ2v) is 8.58. The predicted octanol–water partition coefficient (Wildman–Crippen LogP) is 3.46. The van der Waals surface area contributed by atoms with E-state index in [1.807, 2.05) is 18.2 Å². The van der Waals surface area contributed by atoms with E-state index in [1.54, 1.807) is 0 Å². The molecule has 7 heteroatoms. The van der Waals surface area contributed by atoms with Crippen LogP contribution in [0.3, 0.4) is 0 Å². The highest BCUT2D eigenvalue weighted by Crippen LogP contribution is 2.37. The average Bonchev–Trinajstić information content (AvgIpc) is 3.15. The van der Waals surface area contributed by atoms with Crippen molar-refractivity contribution in [2.24, 2.45) is 0 Å². The molecule has 3 heterocycles. The van der Waals surface area contributed by atoms with Gasteiger partial charge in [-0.2, -0.15) is 0 Å². The number of nitrogens with zero attached hydrogens (tertiary/aromatic N) is 2. The quantitative estimate of drug-likeness (QED) is 0.773. The number of hydrogen-bond donors (Lipinski definition) is 1. The molecule has 0 aliphatic carbocycles. The molecule has 1 unspecified atom stereocenters. The van der Waals surface area contributed by atoms with Crippen LogP contribution in [0.1, 0.15) is 30.9 Å². The highest BCUT2D eigenvalue weighted by molar-refractivity contribution is 5.92. The Morgan fingerprint density at radius 2 is 1.69 bits per heavy atom. The van der Waals surface area contributed by atoms with Crippen molar-refractivity contribution in [3.05, 3.63) is 48.0 Å². The summed E-state index contributed by atoms with van der Waals surface area (Å²) in [5, 5.41) is 3.06. The Bertz CT molecular complexity index is 927. The van der Waals surface area contributed by atoms with Crippen molar-refractivity contribution in [1.29, 1.82) is 0 Å². The molecule has 5 rings (SSSR count). The lowest BCUT2D eigenvalue weighted by atomic mass is 10.0. The molecular weight excluding hydrogens is 406 g/mol. The number of amides is 1. The molecule has 1 atom stereocenters. The minimum atomic E-state index is 0.0189. The van der Waals surface area contributed by atoms with Crippen LogP contribution in [0, 0.1) is 0 Å². The van der Waals surface area contributed by atoms with Gasteiger partial charge in [0.25, 0.3) is 0 Å². The Morgan fingerprint density at radius 3 is 2.50 bits per heavy atom. The largest absolute Gasteiger partial charge is 0.490 e. The molecule has 3 aliphatic heterocycles. The fourth-order valence-corrected chi connectivity index (χ4v) is 4.74. The van der Waals surface area contributed by atoms with E-state index in [0.717, 1.165) is 69.3 Å². The first-order chi connectivity index (χ1) is 15.8. The summed E-state index contributed by atoms with van der Waals surface area (Å²) in [5.41, 5.74) is 3.19. The number of nitrogens with one attached hydrogen (secondary N) is 1. The SMILES string of the molecule is O=C(CN1CCCC1c1ccc2c(c1)OCCCO2)Nc1ccc(N2CCOCC2)cc1. The summed E-state index contributed by atoms with van der Waals surface area (Å²) in [6, 6.07) is 14.5. The van der Waals surface area contributed by atoms with Crippen molar-refractivity contribution in [1.82, 2.24) is 4.90 Å². The van der Waals surface area contributed by atoms with Crippen LogP contribution < -0.4 is 19.7 Å². The van der Waals surface area contributed by atoms with Crippen LogP contribution in [0.4, 0.5) is 11.4 Å². The summed E-state index contributed by atoms with van der Waals surface area (Å²) in [7, 11) is 0. The van der Waals surface area contributed by atoms with Gasteiger partial charge in [0.05, 0.1) is 33.0 Å². The third-order valence-electron chi connectivity index (χ3n) is 6.39. The lowest BCUT2D eigenvalue weighted by molar-refractivity contribution is -0.117. The Labute approximate surface area is 189 Å². The van der Waals surface area contributed by atoms with Crippen molar-refractivity contribution < 1.29 is 19.0 Å². The fraction of sp³-hybridized carbons (Fsp3) is 0.480. The van der Waals surface area contributed by atoms with Crippen molar-refractivity contribution in [2.75, 3.05) is 62.8 Å². The highest BCUT2D eigenvalue weighted by Gasteiger charge is 2.28. The van der Waals surface area contributed by atoms with Crippen LogP contribution in [0.15, 0.2) is 42.5 Å². The van der Waals surface area contributed by atoms with Gasteiger partial charge in [0.2, 0.25) is 5.91 Å². The van der Waals surface area contributed by atoms with Crippen molar-refractivity contribution in [2.45, 2.75) is 25.3 Å². The second-order valence-electron chi connectivity index (χ2n) is 8.58. The number of morpholine rings is 1. The van der Waals surface area contributed by atoms with E-state index in [4.69, 9.17) is 14.2 Å². The zero-order valence-corrected chi connectivity index (χ0v) is 18.4. The van der Waals surface area contributed by atoms with E-state index in [0.29, 0.717) is 19.8 Å². The van der Waals surface area contributed by atoms with E-state index >= 15 is 0 Å². The summed E-state index contributed by atoms with van der Waals surface area (Å²) < 4.78 is 17.0. The monoisotopic (exact) mass is 437 g/mol. The number of likely N-dealkylation sites (tertiary alicyclic amines) is 1. The van der Waals surface area contributed by atoms with E-state index in [9.17, 15) is 4.79 Å². The first-order valence-electron chi connectivity index (χ1n) is 11.6. The van der Waals surface area contributed by atoms with Crippen LogP contribution in [-0.4, -0.2) is 63.4 Å². The number of ether oxygens (including phenoxy) is 3. The molecule has 3 aliphatic rings. The van der Waals surface area contributed by atoms with Gasteiger partial charge in [0.15, 0.2) is 11.5 Å². The smallest absolute Gasteiger partial charge is 0.238 e. The van der Waals surface area contributed by atoms with Gasteiger partial charge < -0.3 is 24.4 Å². The number of rotatable bonds is 5. The molecule has 1 N–H and O–H groups in total. The normalized spacial score (nSPS) is 21.2. The average molecular weight is 438 g/mol. The highest BCUT2D eigenvalue weighted by atomic mass is 16.5. The molecule has 7 nitrogen and oxygen atoms in total. The molecule has 0 bridgehead atoms. The zero-order chi connectivity index (χ0) is 21.8. The molecule has 32 heavy (non-hydrogen) atoms. The molecule has 2 aromatic rings. The van der Waals surface area contributed by atoms with E-state index < -0.39 is 0 Å². The Kier molecular flexibility index (Phi) is 6.46. The first-order valence-corrected chi connectivity index (χ1v) is 11.6. The molecule has 2 aromatic carbocycles. The molecular formula is C25H31N3O4. The van der Waals surface area contributed by atoms with E-state index in [2.05, 4.69) is 39.4 Å². The number of carbonyl (C=O) groups is 1. The first kappa shape index (κ1) is 21.1. The fourth-order valence-electron chi connectivity index (χ4n) is 4.74. The van der Waals surface area contributed by atoms with Gasteiger partial charge in [-0.25, -0.2) is 0 Å². The molecule has 2 fully saturated rings. The topological polar surface area (TPSA) is 63.3 Å². The molecule has 0 spiro atoms. The number of benzene rings is 2. The van der Waals surface area contributed by atoms with Crippen LogP contribution in [0.5, 0.6) is 11.5 Å². The lowest BCUT2D eigenvalue weighted by Gasteiger charge is -2.29. The summed E-state index contributed by atoms with van der Waals surface area (Å²) in [4.78, 5) is 17.4. The number of carbonyl (C=O) groups excluding carboxylic acids is 1. The van der Waals surface area contributed by atoms with Gasteiger partial charge in [-0.15, -0.1) is 0 Å². The molecule has 2 saturated heterocycles. The lowest BCUT2D eigenvalue weighted by Crippen LogP contribution is -2.36. The van der Waals surface area contributed by atoms with Crippen molar-refractivity contribution in [3.63, 3.8) is 0 Å². The molecule has 0 aromatic heterocycles. The molecule has 0 saturated carbocycles. The third-order valence-corrected chi connectivity index (χ3v) is 6.39. The number of anilines is 2. The van der Waals surface area contributed by atoms with Gasteiger partial charge >= 0.3 is 0 Å². The van der Waals surface area contributed by atoms with Crippen molar-refractivity contribution >= 4 is 17.3 Å². The van der Waals surface area contributed by atoms with Gasteiger partial charge in [-0.3, -0.25) is 9.69 Å². The summed E-state index contributed by atoms with van der Waals surface area (Å²) in [5.74, 6) is 1.65. The standard InChI is InChI=1S/C25H31N3O4/c29-25(26-20-5-7-21(8-6-20)27-11-15-30-16-12-27)18-28-10-1-3-22(28)19-4-9-23-24(17-19)32-14-2-13-31-23/h4-9,17,22H,1-3,10-16,18H2,(H,26,29).